The third-order valence-corrected chi connectivity index (χ3v) is 12.5. The molecule has 9 aromatic rings. The summed E-state index contributed by atoms with van der Waals surface area (Å²) in [7, 11) is -8.40. The standard InChI is InChI=1S/C40H30N4O6S.C7H8O3S.2C6H6/c1-27-36(38(42-41-27)30-8-4-2-5-9-30)24-28-12-18-33(19-13-28)49-26-50-34-20-14-29(15-21-34)25-37-39(31-10-6-3-7-11-31)43-44(40(37)45)32-16-22-35(23-17-32)51(46,47)48;1-6-2-4-7(5-3-6)11(8,9)10;2*1-2-4-6-5-3-1/h2-25,41H,1,26H2,(H,46,47,48);2-5H,1H3,(H,8,9,10);2*1-6H/b36-24-,37-25+;;;. The first-order valence-corrected chi connectivity index (χ1v) is 25.7. The smallest absolute Gasteiger partial charge is 0.294 e. The van der Waals surface area contributed by atoms with Gasteiger partial charge in [-0.25, -0.2) is 0 Å². The lowest BCUT2D eigenvalue weighted by atomic mass is 10.0. The molecular formula is C59H50N4O9S2. The number of nitrogens with one attached hydrogen (secondary N) is 1. The number of carbonyl (C=O) groups is 1. The number of hydrazone groups is 1. The van der Waals surface area contributed by atoms with Gasteiger partial charge in [0, 0.05) is 16.3 Å². The zero-order chi connectivity index (χ0) is 52.3. The Bertz CT molecular complexity index is 3550. The van der Waals surface area contributed by atoms with Gasteiger partial charge in [-0.05, 0) is 90.9 Å². The number of anilines is 1. The van der Waals surface area contributed by atoms with Crippen molar-refractivity contribution in [1.82, 2.24) is 10.2 Å². The molecule has 0 bridgehead atoms. The number of nitrogens with zero attached hydrogens (tertiary/aromatic N) is 3. The maximum Gasteiger partial charge on any atom is 0.294 e. The number of ether oxygens (including phenoxy) is 2. The predicted octanol–water partition coefficient (Wildman–Crippen LogP) is 10.4. The van der Waals surface area contributed by atoms with Crippen LogP contribution in [0.25, 0.3) is 30.0 Å². The van der Waals surface area contributed by atoms with Crippen LogP contribution in [0.5, 0.6) is 11.5 Å². The van der Waals surface area contributed by atoms with E-state index in [0.29, 0.717) is 28.5 Å². The summed E-state index contributed by atoms with van der Waals surface area (Å²) >= 11 is 0. The highest BCUT2D eigenvalue weighted by Crippen LogP contribution is 2.29. The Labute approximate surface area is 429 Å². The number of hydrogen-bond donors (Lipinski definition) is 3. The van der Waals surface area contributed by atoms with Gasteiger partial charge in [0.2, 0.25) is 6.79 Å². The molecule has 15 heteroatoms. The molecule has 10 rings (SSSR count). The van der Waals surface area contributed by atoms with Crippen molar-refractivity contribution in [3.05, 3.63) is 269 Å². The van der Waals surface area contributed by atoms with E-state index in [1.54, 1.807) is 30.3 Å². The molecule has 0 spiro atoms. The average molecular weight is 1020 g/mol. The van der Waals surface area contributed by atoms with E-state index in [0.717, 1.165) is 44.1 Å². The monoisotopic (exact) mass is 1020 g/mol. The Kier molecular flexibility index (Phi) is 18.1. The summed E-state index contributed by atoms with van der Waals surface area (Å²) in [4.78, 5) is 13.3. The Morgan fingerprint density at radius 3 is 1.39 bits per heavy atom. The topological polar surface area (TPSA) is 189 Å². The van der Waals surface area contributed by atoms with Crippen molar-refractivity contribution < 1.29 is 40.2 Å². The molecule has 1 aliphatic heterocycles. The van der Waals surface area contributed by atoms with E-state index in [1.807, 2.05) is 183 Å². The van der Waals surface area contributed by atoms with E-state index in [1.165, 1.54) is 41.4 Å². The highest BCUT2D eigenvalue weighted by molar-refractivity contribution is 7.86. The molecule has 1 amide bonds. The number of aryl methyl sites for hydroxylation is 1. The SMILES string of the molecule is C=c1[nH]nc(-c2ccccc2)/c1=C\c1ccc(OCOc2ccc(/C=C3/C(=O)N(c4ccc(S(=O)(=O)O)cc4)N=C3c3ccccc3)cc2)cc1.Cc1ccc(S(=O)(=O)O)cc1.c1ccccc1.c1ccccc1. The van der Waals surface area contributed by atoms with Crippen molar-refractivity contribution in [1.29, 1.82) is 0 Å². The fraction of sp³-hybridized carbons (Fsp3) is 0.0339. The summed E-state index contributed by atoms with van der Waals surface area (Å²) in [6, 6.07) is 69.3. The molecule has 13 nitrogen and oxygen atoms in total. The van der Waals surface area contributed by atoms with Gasteiger partial charge < -0.3 is 9.47 Å². The van der Waals surface area contributed by atoms with Crippen LogP contribution in [0.4, 0.5) is 5.69 Å². The highest BCUT2D eigenvalue weighted by Gasteiger charge is 2.32. The van der Waals surface area contributed by atoms with E-state index in [-0.39, 0.29) is 22.5 Å². The normalized spacial score (nSPS) is 12.8. The van der Waals surface area contributed by atoms with Gasteiger partial charge in [-0.3, -0.25) is 19.0 Å². The molecule has 0 radical (unpaired) electrons. The summed E-state index contributed by atoms with van der Waals surface area (Å²) in [5, 5.41) is 14.9. The fourth-order valence-corrected chi connectivity index (χ4v) is 7.91. The second-order valence-electron chi connectivity index (χ2n) is 16.1. The van der Waals surface area contributed by atoms with Crippen LogP contribution in [0.15, 0.2) is 251 Å². The van der Waals surface area contributed by atoms with Crippen LogP contribution in [0, 0.1) is 6.92 Å². The molecule has 8 aromatic carbocycles. The van der Waals surface area contributed by atoms with Crippen molar-refractivity contribution in [2.24, 2.45) is 5.10 Å². The number of benzene rings is 8. The summed E-state index contributed by atoms with van der Waals surface area (Å²) in [5.41, 5.74) is 6.41. The molecule has 0 fully saturated rings. The Hall–Kier alpha value is -8.99. The van der Waals surface area contributed by atoms with E-state index >= 15 is 0 Å². The molecule has 1 aliphatic rings. The quantitative estimate of drug-likeness (QED) is 0.0639. The second-order valence-corrected chi connectivity index (χ2v) is 18.9. The lowest BCUT2D eigenvalue weighted by Gasteiger charge is -2.12. The van der Waals surface area contributed by atoms with Gasteiger partial charge in [-0.15, -0.1) is 0 Å². The number of aromatic nitrogens is 2. The lowest BCUT2D eigenvalue weighted by Crippen LogP contribution is -2.22. The first-order chi connectivity index (χ1) is 35.7. The molecule has 0 atom stereocenters. The maximum absolute atomic E-state index is 13.6. The second kappa shape index (κ2) is 25.4. The molecule has 0 saturated heterocycles. The van der Waals surface area contributed by atoms with Gasteiger partial charge in [0.25, 0.3) is 26.1 Å². The van der Waals surface area contributed by atoms with E-state index in [9.17, 15) is 26.2 Å². The fourth-order valence-electron chi connectivity index (χ4n) is 6.95. The van der Waals surface area contributed by atoms with Crippen LogP contribution in [-0.2, 0) is 25.0 Å². The minimum Gasteiger partial charge on any atom is -0.458 e. The van der Waals surface area contributed by atoms with Crippen LogP contribution < -0.4 is 25.1 Å². The first-order valence-electron chi connectivity index (χ1n) is 22.8. The molecule has 2 heterocycles. The van der Waals surface area contributed by atoms with E-state index in [2.05, 4.69) is 21.9 Å². The molecule has 1 aromatic heterocycles. The predicted molar refractivity (Wildman–Crippen MR) is 290 cm³/mol. The largest absolute Gasteiger partial charge is 0.458 e. The number of carbonyl (C=O) groups excluding carboxylic acids is 1. The molecular weight excluding hydrogens is 973 g/mol. The highest BCUT2D eigenvalue weighted by atomic mass is 32.2. The Morgan fingerprint density at radius 2 is 0.946 bits per heavy atom. The summed E-state index contributed by atoms with van der Waals surface area (Å²) < 4.78 is 73.5. The van der Waals surface area contributed by atoms with E-state index in [4.69, 9.17) is 14.0 Å². The lowest BCUT2D eigenvalue weighted by molar-refractivity contribution is -0.114. The summed E-state index contributed by atoms with van der Waals surface area (Å²) in [5.74, 6) is 0.830. The first kappa shape index (κ1) is 52.8. The Balaban J connectivity index is 0.000000283. The van der Waals surface area contributed by atoms with Gasteiger partial charge in [-0.2, -0.15) is 32.0 Å². The van der Waals surface area contributed by atoms with Crippen molar-refractivity contribution >= 4 is 56.3 Å². The van der Waals surface area contributed by atoms with Crippen molar-refractivity contribution in [2.45, 2.75) is 16.7 Å². The van der Waals surface area contributed by atoms with Crippen LogP contribution in [-0.4, -0.2) is 54.6 Å². The van der Waals surface area contributed by atoms with Gasteiger partial charge in [0.15, 0.2) is 0 Å². The average Bonchev–Trinajstić information content (AvgIpc) is 3.96. The molecule has 3 N–H and O–H groups in total. The zero-order valence-electron chi connectivity index (χ0n) is 39.9. The number of hydrogen-bond acceptors (Lipinski definition) is 9. The van der Waals surface area contributed by atoms with Gasteiger partial charge >= 0.3 is 0 Å². The zero-order valence-corrected chi connectivity index (χ0v) is 41.6. The van der Waals surface area contributed by atoms with Crippen LogP contribution in [0.1, 0.15) is 22.3 Å². The molecule has 0 saturated carbocycles. The van der Waals surface area contributed by atoms with Crippen LogP contribution >= 0.6 is 0 Å². The minimum absolute atomic E-state index is 0.0129. The number of rotatable bonds is 11. The molecule has 0 aliphatic carbocycles. The number of aromatic amines is 1. The minimum atomic E-state index is -4.38. The van der Waals surface area contributed by atoms with Crippen molar-refractivity contribution in [2.75, 3.05) is 11.8 Å². The van der Waals surface area contributed by atoms with Gasteiger partial charge in [0.05, 0.1) is 32.1 Å². The number of amides is 1. The summed E-state index contributed by atoms with van der Waals surface area (Å²) in [6.07, 6.45) is 3.77. The molecule has 372 valence electrons. The van der Waals surface area contributed by atoms with Crippen molar-refractivity contribution in [3.63, 3.8) is 0 Å². The van der Waals surface area contributed by atoms with Crippen molar-refractivity contribution in [3.8, 4) is 22.8 Å². The van der Waals surface area contributed by atoms with Gasteiger partial charge in [-0.1, -0.05) is 182 Å². The Morgan fingerprint density at radius 1 is 0.541 bits per heavy atom. The molecule has 74 heavy (non-hydrogen) atoms. The van der Waals surface area contributed by atoms with Crippen LogP contribution in [0.2, 0.25) is 0 Å². The van der Waals surface area contributed by atoms with E-state index < -0.39 is 20.2 Å². The summed E-state index contributed by atoms with van der Waals surface area (Å²) in [6.45, 7) is 5.91. The number of H-pyrrole nitrogens is 1. The third-order valence-electron chi connectivity index (χ3n) is 10.7. The van der Waals surface area contributed by atoms with Crippen LogP contribution in [0.3, 0.4) is 0 Å². The maximum atomic E-state index is 13.6. The third kappa shape index (κ3) is 15.3. The molecule has 0 unspecified atom stereocenters. The van der Waals surface area contributed by atoms with Gasteiger partial charge in [0.1, 0.15) is 17.2 Å².